The smallest absolute Gasteiger partial charge is 0.222 e. The van der Waals surface area contributed by atoms with Crippen LogP contribution in [0.1, 0.15) is 48.2 Å². The van der Waals surface area contributed by atoms with E-state index in [1.54, 1.807) is 31.5 Å². The summed E-state index contributed by atoms with van der Waals surface area (Å²) in [5.74, 6) is -2.49. The number of aromatic nitrogens is 3. The average molecular weight is 562 g/mol. The molecule has 11 heteroatoms. The third kappa shape index (κ3) is 6.73. The molecule has 1 aromatic carbocycles. The van der Waals surface area contributed by atoms with Crippen molar-refractivity contribution in [3.8, 4) is 0 Å². The molecule has 7 nitrogen and oxygen atoms in total. The van der Waals surface area contributed by atoms with Gasteiger partial charge in [0.05, 0.1) is 21.4 Å². The number of hydrogen-bond acceptors (Lipinski definition) is 7. The summed E-state index contributed by atoms with van der Waals surface area (Å²) >= 11 is 5.74. The van der Waals surface area contributed by atoms with Crippen LogP contribution in [0.2, 0.25) is 5.02 Å². The summed E-state index contributed by atoms with van der Waals surface area (Å²) in [4.78, 5) is 15.1. The number of sulfone groups is 1. The number of rotatable bonds is 8. The average Bonchev–Trinajstić information content (AvgIpc) is 2.87. The SMILES string of the molecule is Cc1nc(CS(=O)(=O)c2ccc(F)c(F)c2Cl)ccc1/C=C/c1cnc(NC2CCC(N(C)C)CC2)nc1. The lowest BCUT2D eigenvalue weighted by atomic mass is 9.91. The standard InChI is InChI=1S/C27H30ClF2N5O2S/c1-17-19(6-7-21(33-17)16-38(36,37)24-13-12-23(29)26(30)25(24)28)5-4-18-14-31-27(32-15-18)34-20-8-10-22(11-9-20)35(2)3/h4-7,12-15,20,22H,8-11,16H2,1-3H3,(H,31,32,34)/b5-4+. The lowest BCUT2D eigenvalue weighted by Gasteiger charge is -2.32. The minimum Gasteiger partial charge on any atom is -0.351 e. The molecule has 3 aromatic rings. The molecule has 1 saturated carbocycles. The van der Waals surface area contributed by atoms with Crippen molar-refractivity contribution in [3.05, 3.63) is 75.8 Å². The van der Waals surface area contributed by atoms with E-state index in [2.05, 4.69) is 39.3 Å². The first-order chi connectivity index (χ1) is 18.0. The van der Waals surface area contributed by atoms with Crippen molar-refractivity contribution < 1.29 is 17.2 Å². The van der Waals surface area contributed by atoms with Gasteiger partial charge in [0.1, 0.15) is 0 Å². The van der Waals surface area contributed by atoms with Crippen molar-refractivity contribution in [2.24, 2.45) is 0 Å². The van der Waals surface area contributed by atoms with E-state index >= 15 is 0 Å². The Morgan fingerprint density at radius 2 is 1.74 bits per heavy atom. The minimum atomic E-state index is -4.03. The number of hydrogen-bond donors (Lipinski definition) is 1. The fourth-order valence-corrected chi connectivity index (χ4v) is 6.35. The molecule has 2 heterocycles. The maximum absolute atomic E-state index is 13.8. The third-order valence-corrected chi connectivity index (χ3v) is 8.91. The number of pyridine rings is 1. The normalized spacial score (nSPS) is 18.3. The van der Waals surface area contributed by atoms with E-state index < -0.39 is 37.1 Å². The van der Waals surface area contributed by atoms with Crippen molar-refractivity contribution >= 4 is 39.5 Å². The topological polar surface area (TPSA) is 88.1 Å². The van der Waals surface area contributed by atoms with Crippen molar-refractivity contribution in [1.82, 2.24) is 19.9 Å². The molecule has 0 radical (unpaired) electrons. The van der Waals surface area contributed by atoms with Crippen LogP contribution in [0, 0.1) is 18.6 Å². The maximum Gasteiger partial charge on any atom is 0.222 e. The van der Waals surface area contributed by atoms with Crippen LogP contribution in [-0.4, -0.2) is 54.4 Å². The Labute approximate surface area is 226 Å². The summed E-state index contributed by atoms with van der Waals surface area (Å²) in [6, 6.07) is 6.03. The van der Waals surface area contributed by atoms with Gasteiger partial charge in [-0.2, -0.15) is 0 Å². The Kier molecular flexibility index (Phi) is 8.74. The van der Waals surface area contributed by atoms with Gasteiger partial charge in [-0.05, 0) is 70.5 Å². The van der Waals surface area contributed by atoms with Crippen molar-refractivity contribution in [2.75, 3.05) is 19.4 Å². The highest BCUT2D eigenvalue weighted by Gasteiger charge is 2.24. The van der Waals surface area contributed by atoms with Crippen molar-refractivity contribution in [1.29, 1.82) is 0 Å². The van der Waals surface area contributed by atoms with E-state index in [9.17, 15) is 17.2 Å². The second kappa shape index (κ2) is 11.8. The highest BCUT2D eigenvalue weighted by Crippen LogP contribution is 2.29. The molecule has 0 aliphatic heterocycles. The van der Waals surface area contributed by atoms with Crippen molar-refractivity contribution in [3.63, 3.8) is 0 Å². The zero-order valence-corrected chi connectivity index (χ0v) is 23.0. The van der Waals surface area contributed by atoms with Crippen LogP contribution in [0.25, 0.3) is 12.2 Å². The van der Waals surface area contributed by atoms with Crippen LogP contribution >= 0.6 is 11.6 Å². The van der Waals surface area contributed by atoms with E-state index in [1.165, 1.54) is 0 Å². The largest absolute Gasteiger partial charge is 0.351 e. The molecular weight excluding hydrogens is 532 g/mol. The molecule has 1 fully saturated rings. The molecule has 0 saturated heterocycles. The quantitative estimate of drug-likeness (QED) is 0.285. The summed E-state index contributed by atoms with van der Waals surface area (Å²) in [5.41, 5.74) is 2.47. The van der Waals surface area contributed by atoms with Gasteiger partial charge in [0.2, 0.25) is 5.95 Å². The highest BCUT2D eigenvalue weighted by atomic mass is 35.5. The third-order valence-electron chi connectivity index (χ3n) is 6.74. The van der Waals surface area contributed by atoms with Crippen LogP contribution in [-0.2, 0) is 15.6 Å². The second-order valence-corrected chi connectivity index (χ2v) is 12.0. The predicted molar refractivity (Wildman–Crippen MR) is 146 cm³/mol. The van der Waals surface area contributed by atoms with E-state index in [0.29, 0.717) is 23.7 Å². The molecule has 1 aliphatic carbocycles. The van der Waals surface area contributed by atoms with Gasteiger partial charge in [-0.3, -0.25) is 4.98 Å². The molecule has 38 heavy (non-hydrogen) atoms. The summed E-state index contributed by atoms with van der Waals surface area (Å²) in [6.45, 7) is 1.76. The molecule has 0 atom stereocenters. The van der Waals surface area contributed by atoms with Crippen LogP contribution in [0.3, 0.4) is 0 Å². The Morgan fingerprint density at radius 1 is 1.05 bits per heavy atom. The van der Waals surface area contributed by atoms with Gasteiger partial charge in [0.15, 0.2) is 21.5 Å². The van der Waals surface area contributed by atoms with E-state index in [0.717, 1.165) is 48.9 Å². The first kappa shape index (κ1) is 28.1. The zero-order valence-electron chi connectivity index (χ0n) is 21.5. The van der Waals surface area contributed by atoms with Gasteiger partial charge in [-0.25, -0.2) is 27.2 Å². The van der Waals surface area contributed by atoms with Gasteiger partial charge in [0, 0.05) is 35.7 Å². The maximum atomic E-state index is 13.8. The molecular formula is C27H30ClF2N5O2S. The Morgan fingerprint density at radius 3 is 2.37 bits per heavy atom. The summed E-state index contributed by atoms with van der Waals surface area (Å²) < 4.78 is 52.6. The Hall–Kier alpha value is -2.95. The van der Waals surface area contributed by atoms with Crippen LogP contribution in [0.4, 0.5) is 14.7 Å². The van der Waals surface area contributed by atoms with Crippen molar-refractivity contribution in [2.45, 2.75) is 55.3 Å². The molecule has 0 bridgehead atoms. The Bertz CT molecular complexity index is 1420. The molecule has 2 aromatic heterocycles. The molecule has 0 unspecified atom stereocenters. The van der Waals surface area contributed by atoms with Crippen LogP contribution in [0.15, 0.2) is 41.6 Å². The summed E-state index contributed by atoms with van der Waals surface area (Å²) in [5, 5.41) is 2.66. The highest BCUT2D eigenvalue weighted by molar-refractivity contribution is 7.90. The van der Waals surface area contributed by atoms with E-state index in [-0.39, 0.29) is 5.69 Å². The van der Waals surface area contributed by atoms with Gasteiger partial charge < -0.3 is 10.2 Å². The minimum absolute atomic E-state index is 0.263. The summed E-state index contributed by atoms with van der Waals surface area (Å²) in [6.07, 6.45) is 11.7. The molecule has 0 amide bonds. The fourth-order valence-electron chi connectivity index (χ4n) is 4.50. The lowest BCUT2D eigenvalue weighted by molar-refractivity contribution is 0.221. The van der Waals surface area contributed by atoms with E-state index in [4.69, 9.17) is 11.6 Å². The molecule has 202 valence electrons. The molecule has 0 spiro atoms. The first-order valence-electron chi connectivity index (χ1n) is 12.3. The fraction of sp³-hybridized carbons (Fsp3) is 0.370. The molecule has 1 N–H and O–H groups in total. The predicted octanol–water partition coefficient (Wildman–Crippen LogP) is 5.54. The number of halogens is 3. The number of benzene rings is 1. The van der Waals surface area contributed by atoms with E-state index in [1.807, 2.05) is 12.2 Å². The number of nitrogens with one attached hydrogen (secondary N) is 1. The number of anilines is 1. The first-order valence-corrected chi connectivity index (χ1v) is 14.3. The van der Waals surface area contributed by atoms with Gasteiger partial charge in [-0.15, -0.1) is 0 Å². The number of nitrogens with zero attached hydrogens (tertiary/aromatic N) is 4. The Balaban J connectivity index is 1.38. The zero-order chi connectivity index (χ0) is 27.4. The lowest BCUT2D eigenvalue weighted by Crippen LogP contribution is -2.36. The monoisotopic (exact) mass is 561 g/mol. The molecule has 1 aliphatic rings. The molecule has 4 rings (SSSR count). The van der Waals surface area contributed by atoms with Gasteiger partial charge in [-0.1, -0.05) is 29.8 Å². The van der Waals surface area contributed by atoms with Gasteiger partial charge in [0.25, 0.3) is 0 Å². The van der Waals surface area contributed by atoms with Crippen LogP contribution in [0.5, 0.6) is 0 Å². The van der Waals surface area contributed by atoms with Gasteiger partial charge >= 0.3 is 0 Å². The number of aryl methyl sites for hydroxylation is 1. The van der Waals surface area contributed by atoms with Crippen LogP contribution < -0.4 is 5.32 Å². The second-order valence-electron chi connectivity index (χ2n) is 9.70. The summed E-state index contributed by atoms with van der Waals surface area (Å²) in [7, 11) is 0.216.